The number of rotatable bonds is 23. The summed E-state index contributed by atoms with van der Waals surface area (Å²) >= 11 is 0. The number of para-hydroxylation sites is 1. The van der Waals surface area contributed by atoms with Crippen LogP contribution in [-0.4, -0.2) is 101 Å². The molecule has 0 aliphatic carbocycles. The molecule has 0 bridgehead atoms. The van der Waals surface area contributed by atoms with Crippen LogP contribution in [0.3, 0.4) is 0 Å². The number of nitrogens with zero attached hydrogens (tertiary/aromatic N) is 3. The maximum atomic E-state index is 13.1. The van der Waals surface area contributed by atoms with E-state index in [9.17, 15) is 28.8 Å². The highest BCUT2D eigenvalue weighted by atomic mass is 16.5. The number of nitrogens with two attached hydrogens (primary N) is 2. The van der Waals surface area contributed by atoms with Crippen LogP contribution in [0.2, 0.25) is 0 Å². The molecule has 1 atom stereocenters. The standard InChI is InChI=1S/C40H55N11O9/c1-6-58-22-30-49-32-33(27-10-7-8-11-28(27)48-34(32)41)51(30)23-39(2,3)60-19-18-44-36(55)40(4,5)50-38(57)59-21-25-13-15-26(16-14-25)46-35(54)29(12-9-17-45-37(42)56)47-31(53)20-43-24-52/h7-8,10-11,13-16,24,29H,6,9,12,17-23H2,1-5H3,(H2,41,48)(H,43,52)(H,44,55)(H,46,54)(H,47,53)(H,50,57)(H3,42,45,56). The van der Waals surface area contributed by atoms with Crippen LogP contribution < -0.4 is 43.4 Å². The number of urea groups is 1. The number of imidazole rings is 1. The van der Waals surface area contributed by atoms with E-state index in [1.807, 2.05) is 49.6 Å². The molecule has 324 valence electrons. The van der Waals surface area contributed by atoms with E-state index < -0.39 is 47.0 Å². The summed E-state index contributed by atoms with van der Waals surface area (Å²) in [5.41, 5.74) is 12.5. The third-order valence-corrected chi connectivity index (χ3v) is 9.08. The number of nitrogen functional groups attached to an aromatic ring is 1. The van der Waals surface area contributed by atoms with E-state index in [4.69, 9.17) is 30.7 Å². The molecule has 2 heterocycles. The number of amides is 7. The average molecular weight is 834 g/mol. The lowest BCUT2D eigenvalue weighted by molar-refractivity contribution is -0.127. The summed E-state index contributed by atoms with van der Waals surface area (Å²) < 4.78 is 19.4. The maximum absolute atomic E-state index is 13.1. The highest BCUT2D eigenvalue weighted by molar-refractivity contribution is 6.06. The number of nitrogens with one attached hydrogen (secondary N) is 6. The van der Waals surface area contributed by atoms with Crippen LogP contribution in [0, 0.1) is 0 Å². The topological polar surface area (TPSA) is 285 Å². The van der Waals surface area contributed by atoms with Gasteiger partial charge in [-0.3, -0.25) is 19.2 Å². The molecule has 2 aromatic carbocycles. The van der Waals surface area contributed by atoms with E-state index in [1.54, 1.807) is 38.1 Å². The number of carbonyl (C=O) groups excluding carboxylic acids is 6. The van der Waals surface area contributed by atoms with Gasteiger partial charge in [-0.1, -0.05) is 30.3 Å². The van der Waals surface area contributed by atoms with Crippen LogP contribution in [0.1, 0.15) is 58.8 Å². The van der Waals surface area contributed by atoms with E-state index in [2.05, 4.69) is 36.9 Å². The minimum Gasteiger partial charge on any atom is -0.445 e. The first-order valence-electron chi connectivity index (χ1n) is 19.4. The maximum Gasteiger partial charge on any atom is 0.408 e. The smallest absolute Gasteiger partial charge is 0.408 e. The van der Waals surface area contributed by atoms with E-state index in [0.29, 0.717) is 54.4 Å². The molecule has 0 fully saturated rings. The Morgan fingerprint density at radius 2 is 1.68 bits per heavy atom. The van der Waals surface area contributed by atoms with Crippen molar-refractivity contribution in [2.45, 2.75) is 84.4 Å². The van der Waals surface area contributed by atoms with Gasteiger partial charge in [-0.2, -0.15) is 0 Å². The van der Waals surface area contributed by atoms with Gasteiger partial charge >= 0.3 is 12.1 Å². The number of carbonyl (C=O) groups is 6. The summed E-state index contributed by atoms with van der Waals surface area (Å²) in [5, 5.41) is 16.2. The molecule has 2 aromatic heterocycles. The Morgan fingerprint density at radius 1 is 0.950 bits per heavy atom. The molecule has 0 spiro atoms. The fraction of sp³-hybridized carbons (Fsp3) is 0.450. The zero-order valence-electron chi connectivity index (χ0n) is 34.5. The Morgan fingerprint density at radius 3 is 2.38 bits per heavy atom. The summed E-state index contributed by atoms with van der Waals surface area (Å²) in [5.74, 6) is -0.541. The average Bonchev–Trinajstić information content (AvgIpc) is 3.56. The second-order valence-corrected chi connectivity index (χ2v) is 14.9. The van der Waals surface area contributed by atoms with Crippen molar-refractivity contribution >= 4 is 69.7 Å². The lowest BCUT2D eigenvalue weighted by atomic mass is 10.1. The molecular weight excluding hydrogens is 779 g/mol. The second-order valence-electron chi connectivity index (χ2n) is 14.9. The Bertz CT molecular complexity index is 2140. The third-order valence-electron chi connectivity index (χ3n) is 9.08. The quantitative estimate of drug-likeness (QED) is 0.0393. The molecule has 0 aliphatic rings. The number of hydrogen-bond donors (Lipinski definition) is 8. The molecule has 0 radical (unpaired) electrons. The largest absolute Gasteiger partial charge is 0.445 e. The molecule has 10 N–H and O–H groups in total. The normalized spacial score (nSPS) is 12.0. The zero-order chi connectivity index (χ0) is 43.9. The molecule has 0 saturated heterocycles. The van der Waals surface area contributed by atoms with Crippen molar-refractivity contribution in [3.05, 3.63) is 59.9 Å². The lowest BCUT2D eigenvalue weighted by Gasteiger charge is -2.28. The van der Waals surface area contributed by atoms with Gasteiger partial charge in [-0.05, 0) is 71.2 Å². The van der Waals surface area contributed by atoms with Gasteiger partial charge in [0.15, 0.2) is 5.82 Å². The van der Waals surface area contributed by atoms with E-state index in [0.717, 1.165) is 16.4 Å². The second kappa shape index (κ2) is 21.5. The number of aromatic nitrogens is 3. The van der Waals surface area contributed by atoms with Gasteiger partial charge in [0.05, 0.1) is 36.3 Å². The zero-order valence-corrected chi connectivity index (χ0v) is 34.5. The Labute approximate surface area is 347 Å². The molecule has 60 heavy (non-hydrogen) atoms. The predicted octanol–water partition coefficient (Wildman–Crippen LogP) is 1.94. The van der Waals surface area contributed by atoms with Crippen molar-refractivity contribution in [2.75, 3.05) is 43.9 Å². The summed E-state index contributed by atoms with van der Waals surface area (Å²) in [6, 6.07) is 12.5. The number of pyridine rings is 1. The first-order valence-corrected chi connectivity index (χ1v) is 19.4. The van der Waals surface area contributed by atoms with Crippen molar-refractivity contribution < 1.29 is 43.0 Å². The van der Waals surface area contributed by atoms with E-state index in [1.165, 1.54) is 0 Å². The molecule has 0 saturated carbocycles. The molecule has 20 heteroatoms. The van der Waals surface area contributed by atoms with Crippen molar-refractivity contribution in [1.29, 1.82) is 0 Å². The van der Waals surface area contributed by atoms with Crippen LogP contribution >= 0.6 is 0 Å². The van der Waals surface area contributed by atoms with Crippen LogP contribution in [0.5, 0.6) is 0 Å². The van der Waals surface area contributed by atoms with Gasteiger partial charge in [0.2, 0.25) is 24.1 Å². The Balaban J connectivity index is 1.25. The highest BCUT2D eigenvalue weighted by Crippen LogP contribution is 2.30. The molecule has 4 rings (SSSR count). The number of anilines is 2. The number of ether oxygens (including phenoxy) is 3. The third kappa shape index (κ3) is 13.5. The number of primary amides is 1. The predicted molar refractivity (Wildman–Crippen MR) is 223 cm³/mol. The first kappa shape index (κ1) is 46.2. The molecule has 20 nitrogen and oxygen atoms in total. The van der Waals surface area contributed by atoms with Gasteiger partial charge in [-0.25, -0.2) is 19.6 Å². The minimum absolute atomic E-state index is 0.132. The molecular formula is C40H55N11O9. The summed E-state index contributed by atoms with van der Waals surface area (Å²) in [6.45, 7) is 10.2. The fourth-order valence-corrected chi connectivity index (χ4v) is 6.09. The minimum atomic E-state index is -1.33. The van der Waals surface area contributed by atoms with Crippen LogP contribution in [-0.2, 0) is 53.1 Å². The molecule has 7 amide bonds. The number of hydrogen-bond acceptors (Lipinski definition) is 12. The van der Waals surface area contributed by atoms with Crippen molar-refractivity contribution in [2.24, 2.45) is 5.73 Å². The molecule has 1 unspecified atom stereocenters. The van der Waals surface area contributed by atoms with E-state index >= 15 is 0 Å². The van der Waals surface area contributed by atoms with Gasteiger partial charge < -0.3 is 62.1 Å². The Kier molecular flexibility index (Phi) is 16.5. The molecule has 4 aromatic rings. The summed E-state index contributed by atoms with van der Waals surface area (Å²) in [4.78, 5) is 81.8. The van der Waals surface area contributed by atoms with Gasteiger partial charge in [0.1, 0.15) is 36.1 Å². The fourth-order valence-electron chi connectivity index (χ4n) is 6.09. The SMILES string of the molecule is CCOCc1nc2c(N)nc3ccccc3c2n1CC(C)(C)OCCNC(=O)C(C)(C)NC(=O)OCc1ccc(NC(=O)C(CCCNC(N)=O)NC(=O)CNC=O)cc1. The van der Waals surface area contributed by atoms with Crippen molar-refractivity contribution in [1.82, 2.24) is 41.1 Å². The van der Waals surface area contributed by atoms with Crippen LogP contribution in [0.4, 0.5) is 21.1 Å². The van der Waals surface area contributed by atoms with Crippen molar-refractivity contribution in [3.8, 4) is 0 Å². The van der Waals surface area contributed by atoms with Gasteiger partial charge in [0.25, 0.3) is 0 Å². The van der Waals surface area contributed by atoms with E-state index in [-0.39, 0.29) is 45.9 Å². The van der Waals surface area contributed by atoms with Crippen LogP contribution in [0.25, 0.3) is 21.9 Å². The first-order chi connectivity index (χ1) is 28.5. The highest BCUT2D eigenvalue weighted by Gasteiger charge is 2.31. The van der Waals surface area contributed by atoms with Crippen LogP contribution in [0.15, 0.2) is 48.5 Å². The number of fused-ring (bicyclic) bond motifs is 3. The summed E-state index contributed by atoms with van der Waals surface area (Å²) in [7, 11) is 0. The van der Waals surface area contributed by atoms with Gasteiger partial charge in [-0.15, -0.1) is 0 Å². The number of alkyl carbamates (subject to hydrolysis) is 1. The van der Waals surface area contributed by atoms with Crippen molar-refractivity contribution in [3.63, 3.8) is 0 Å². The number of benzene rings is 2. The van der Waals surface area contributed by atoms with Gasteiger partial charge in [0, 0.05) is 30.8 Å². The molecule has 0 aliphatic heterocycles. The summed E-state index contributed by atoms with van der Waals surface area (Å²) in [6.07, 6.45) is 0.0510. The lowest BCUT2D eigenvalue weighted by Crippen LogP contribution is -2.55. The monoisotopic (exact) mass is 833 g/mol. The Hall–Kier alpha value is -6.54.